The number of halogens is 3. The molecule has 0 saturated heterocycles. The third-order valence-corrected chi connectivity index (χ3v) is 8.02. The summed E-state index contributed by atoms with van der Waals surface area (Å²) in [7, 11) is 0. The Labute approximate surface area is 196 Å². The summed E-state index contributed by atoms with van der Waals surface area (Å²) in [5, 5.41) is 2.40. The van der Waals surface area contributed by atoms with E-state index in [1.165, 1.54) is 16.7 Å². The molecule has 1 fully saturated rings. The molecular weight excluding hydrogens is 443 g/mol. The number of benzene rings is 3. The summed E-state index contributed by atoms with van der Waals surface area (Å²) in [5.41, 5.74) is 3.50. The van der Waals surface area contributed by atoms with Crippen LogP contribution in [0.15, 0.2) is 91.0 Å². The van der Waals surface area contributed by atoms with E-state index in [1.54, 1.807) is 0 Å². The molecule has 0 atom stereocenters. The van der Waals surface area contributed by atoms with Crippen LogP contribution < -0.4 is 5.32 Å². The molecule has 6 heteroatoms. The minimum Gasteiger partial charge on any atom is -0.346 e. The Morgan fingerprint density at radius 2 is 1.09 bits per heavy atom. The van der Waals surface area contributed by atoms with Crippen molar-refractivity contribution in [3.8, 4) is 0 Å². The van der Waals surface area contributed by atoms with E-state index < -0.39 is 22.9 Å². The fourth-order valence-electron chi connectivity index (χ4n) is 4.56. The van der Waals surface area contributed by atoms with E-state index >= 15 is 0 Å². The summed E-state index contributed by atoms with van der Waals surface area (Å²) >= 11 is 1.86. The quantitative estimate of drug-likeness (QED) is 0.407. The van der Waals surface area contributed by atoms with Gasteiger partial charge in [-0.15, -0.1) is 11.8 Å². The number of carbonyl (C=O) groups excluding carboxylic acids is 1. The molecule has 0 aliphatic heterocycles. The second kappa shape index (κ2) is 10.0. The first-order valence-electron chi connectivity index (χ1n) is 11.1. The minimum atomic E-state index is -4.84. The Balaban J connectivity index is 1.64. The number of hydrogen-bond acceptors (Lipinski definition) is 2. The van der Waals surface area contributed by atoms with Gasteiger partial charge in [0.1, 0.15) is 0 Å². The van der Waals surface area contributed by atoms with Gasteiger partial charge in [-0.05, 0) is 42.4 Å². The van der Waals surface area contributed by atoms with Crippen molar-refractivity contribution in [3.63, 3.8) is 0 Å². The molecule has 0 spiro atoms. The average molecular weight is 470 g/mol. The number of hydrogen-bond donors (Lipinski definition) is 1. The van der Waals surface area contributed by atoms with Crippen LogP contribution in [-0.2, 0) is 9.54 Å². The predicted octanol–water partition coefficient (Wildman–Crippen LogP) is 6.70. The number of alkyl halides is 3. The third kappa shape index (κ3) is 5.27. The van der Waals surface area contributed by atoms with Crippen LogP contribution in [0.5, 0.6) is 0 Å². The predicted molar refractivity (Wildman–Crippen MR) is 127 cm³/mol. The van der Waals surface area contributed by atoms with Gasteiger partial charge in [0, 0.05) is 11.3 Å². The molecule has 0 radical (unpaired) electrons. The van der Waals surface area contributed by atoms with Crippen molar-refractivity contribution >= 4 is 17.7 Å². The maximum atomic E-state index is 12.7. The molecule has 1 aliphatic rings. The number of nitrogens with one attached hydrogen (secondary N) is 1. The topological polar surface area (TPSA) is 29.1 Å². The van der Waals surface area contributed by atoms with Gasteiger partial charge in [0.2, 0.25) is 0 Å². The Hall–Kier alpha value is -2.73. The minimum absolute atomic E-state index is 0.240. The highest BCUT2D eigenvalue weighted by Gasteiger charge is 2.42. The molecule has 4 rings (SSSR count). The number of thioether (sulfide) groups is 1. The van der Waals surface area contributed by atoms with Crippen molar-refractivity contribution in [1.29, 1.82) is 0 Å². The first-order chi connectivity index (χ1) is 15.9. The standard InChI is InChI=1S/C27H26F3NOS/c28-27(29,30)25(32)31-23-16-18-24(19-17-23)33-26(20-10-4-1-5-11-20,21-12-6-2-7-13-21)22-14-8-3-9-15-22/h1-15,23-24H,16-19H2,(H,31,32). The average Bonchev–Trinajstić information content (AvgIpc) is 2.85. The zero-order valence-electron chi connectivity index (χ0n) is 18.1. The lowest BCUT2D eigenvalue weighted by Gasteiger charge is -2.40. The largest absolute Gasteiger partial charge is 0.471 e. The van der Waals surface area contributed by atoms with E-state index in [9.17, 15) is 18.0 Å². The lowest BCUT2D eigenvalue weighted by molar-refractivity contribution is -0.174. The van der Waals surface area contributed by atoms with Gasteiger partial charge in [-0.1, -0.05) is 91.0 Å². The van der Waals surface area contributed by atoms with Crippen LogP contribution in [0.4, 0.5) is 13.2 Å². The first kappa shape index (κ1) is 23.4. The molecule has 0 unspecified atom stereocenters. The van der Waals surface area contributed by atoms with Crippen LogP contribution in [0.1, 0.15) is 42.4 Å². The fraction of sp³-hybridized carbons (Fsp3) is 0.296. The summed E-state index contributed by atoms with van der Waals surface area (Å²) in [5.74, 6) is -1.84. The number of amides is 1. The van der Waals surface area contributed by atoms with Gasteiger partial charge in [-0.2, -0.15) is 13.2 Å². The fourth-order valence-corrected chi connectivity index (χ4v) is 6.39. The van der Waals surface area contributed by atoms with Crippen molar-refractivity contribution in [3.05, 3.63) is 108 Å². The zero-order chi connectivity index (χ0) is 23.3. The van der Waals surface area contributed by atoms with Crippen LogP contribution in [0.3, 0.4) is 0 Å². The molecule has 1 aliphatic carbocycles. The maximum absolute atomic E-state index is 12.7. The highest BCUT2D eigenvalue weighted by Crippen LogP contribution is 2.52. The van der Waals surface area contributed by atoms with Gasteiger partial charge in [-0.3, -0.25) is 4.79 Å². The van der Waals surface area contributed by atoms with Crippen LogP contribution >= 0.6 is 11.8 Å². The lowest BCUT2D eigenvalue weighted by atomic mass is 9.84. The highest BCUT2D eigenvalue weighted by molar-refractivity contribution is 8.01. The van der Waals surface area contributed by atoms with E-state index in [2.05, 4.69) is 41.7 Å². The molecular formula is C27H26F3NOS. The summed E-state index contributed by atoms with van der Waals surface area (Å²) in [4.78, 5) is 11.4. The highest BCUT2D eigenvalue weighted by atomic mass is 32.2. The van der Waals surface area contributed by atoms with E-state index in [4.69, 9.17) is 0 Å². The molecule has 2 nitrogen and oxygen atoms in total. The smallest absolute Gasteiger partial charge is 0.346 e. The van der Waals surface area contributed by atoms with Gasteiger partial charge >= 0.3 is 12.1 Å². The van der Waals surface area contributed by atoms with Crippen LogP contribution in [-0.4, -0.2) is 23.4 Å². The van der Waals surface area contributed by atoms with Gasteiger partial charge in [-0.25, -0.2) is 0 Å². The second-order valence-corrected chi connectivity index (χ2v) is 9.86. The molecule has 3 aromatic rings. The molecule has 33 heavy (non-hydrogen) atoms. The van der Waals surface area contributed by atoms with Crippen molar-refractivity contribution in [2.45, 2.75) is 47.9 Å². The Morgan fingerprint density at radius 1 is 0.697 bits per heavy atom. The molecule has 1 amide bonds. The molecule has 1 N–H and O–H groups in total. The van der Waals surface area contributed by atoms with Crippen molar-refractivity contribution in [2.75, 3.05) is 0 Å². The second-order valence-electron chi connectivity index (χ2n) is 8.34. The molecule has 1 saturated carbocycles. The lowest BCUT2D eigenvalue weighted by Crippen LogP contribution is -2.45. The number of rotatable bonds is 6. The third-order valence-electron chi connectivity index (χ3n) is 6.15. The van der Waals surface area contributed by atoms with Crippen molar-refractivity contribution in [2.24, 2.45) is 0 Å². The number of carbonyl (C=O) groups is 1. The normalized spacial score (nSPS) is 19.1. The molecule has 0 aromatic heterocycles. The van der Waals surface area contributed by atoms with Gasteiger partial charge in [0.25, 0.3) is 0 Å². The van der Waals surface area contributed by atoms with Crippen LogP contribution in [0.25, 0.3) is 0 Å². The van der Waals surface area contributed by atoms with E-state index in [1.807, 2.05) is 66.4 Å². The summed E-state index contributed by atoms with van der Waals surface area (Å²) in [6.45, 7) is 0. The Kier molecular flexibility index (Phi) is 7.13. The SMILES string of the molecule is O=C(NC1CCC(SC(c2ccccc2)(c2ccccc2)c2ccccc2)CC1)C(F)(F)F. The van der Waals surface area contributed by atoms with E-state index in [0.29, 0.717) is 12.8 Å². The summed E-state index contributed by atoms with van der Waals surface area (Å²) in [6, 6.07) is 30.7. The molecule has 0 bridgehead atoms. The van der Waals surface area contributed by atoms with Gasteiger partial charge in [0.15, 0.2) is 0 Å². The van der Waals surface area contributed by atoms with Gasteiger partial charge < -0.3 is 5.32 Å². The zero-order valence-corrected chi connectivity index (χ0v) is 18.9. The molecule has 3 aromatic carbocycles. The van der Waals surface area contributed by atoms with E-state index in [0.717, 1.165) is 12.8 Å². The van der Waals surface area contributed by atoms with Crippen molar-refractivity contribution in [1.82, 2.24) is 5.32 Å². The Morgan fingerprint density at radius 3 is 1.45 bits per heavy atom. The van der Waals surface area contributed by atoms with Crippen LogP contribution in [0, 0.1) is 0 Å². The monoisotopic (exact) mass is 469 g/mol. The summed E-state index contributed by atoms with van der Waals surface area (Å²) in [6.07, 6.45) is -2.29. The molecule has 0 heterocycles. The van der Waals surface area contributed by atoms with E-state index in [-0.39, 0.29) is 5.25 Å². The van der Waals surface area contributed by atoms with Gasteiger partial charge in [0.05, 0.1) is 4.75 Å². The Bertz CT molecular complexity index is 937. The van der Waals surface area contributed by atoms with Crippen molar-refractivity contribution < 1.29 is 18.0 Å². The van der Waals surface area contributed by atoms with Crippen LogP contribution in [0.2, 0.25) is 0 Å². The summed E-state index contributed by atoms with van der Waals surface area (Å²) < 4.78 is 37.5. The first-order valence-corrected chi connectivity index (χ1v) is 12.0. The molecule has 172 valence electrons. The maximum Gasteiger partial charge on any atom is 0.471 e.